The summed E-state index contributed by atoms with van der Waals surface area (Å²) in [6, 6.07) is 10.8. The first-order chi connectivity index (χ1) is 13.3. The second kappa shape index (κ2) is 8.98. The quantitative estimate of drug-likeness (QED) is 0.547. The highest BCUT2D eigenvalue weighted by molar-refractivity contribution is 6.01. The number of fused-ring (bicyclic) bond motifs is 1. The lowest BCUT2D eigenvalue weighted by Gasteiger charge is -2.26. The molecule has 2 rings (SSSR count). The number of rotatable bonds is 7. The van der Waals surface area contributed by atoms with Crippen molar-refractivity contribution in [3.8, 4) is 0 Å². The van der Waals surface area contributed by atoms with E-state index in [2.05, 4.69) is 14.8 Å². The van der Waals surface area contributed by atoms with Gasteiger partial charge in [-0.15, -0.1) is 0 Å². The van der Waals surface area contributed by atoms with Crippen molar-refractivity contribution in [2.45, 2.75) is 13.0 Å². The van der Waals surface area contributed by atoms with Crippen molar-refractivity contribution in [1.82, 2.24) is 5.32 Å². The summed E-state index contributed by atoms with van der Waals surface area (Å²) in [5, 5.41) is 13.7. The number of carboxylic acids is 1. The molecule has 1 amide bonds. The number of nitrogens with one attached hydrogen (secondary N) is 1. The lowest BCUT2D eigenvalue weighted by molar-refractivity contribution is -0.162. The minimum absolute atomic E-state index is 0.254. The van der Waals surface area contributed by atoms with Gasteiger partial charge in [-0.3, -0.25) is 14.4 Å². The monoisotopic (exact) mass is 387 g/mol. The largest absolute Gasteiger partial charge is 0.480 e. The second-order valence-corrected chi connectivity index (χ2v) is 6.23. The smallest absolute Gasteiger partial charge is 0.326 e. The highest BCUT2D eigenvalue weighted by Gasteiger charge is 2.42. The number of benzene rings is 2. The van der Waals surface area contributed by atoms with Crippen LogP contribution in [0, 0.1) is 11.8 Å². The third-order valence-electron chi connectivity index (χ3n) is 4.53. The molecular formula is C20H21NO7. The molecular weight excluding hydrogens is 366 g/mol. The molecule has 0 saturated carbocycles. The fraction of sp³-hybridized carbons (Fsp3) is 0.300. The predicted octanol–water partition coefficient (Wildman–Crippen LogP) is 1.62. The molecule has 0 bridgehead atoms. The van der Waals surface area contributed by atoms with Crippen LogP contribution in [0.1, 0.15) is 17.3 Å². The van der Waals surface area contributed by atoms with E-state index in [9.17, 15) is 24.3 Å². The molecule has 2 atom stereocenters. The molecule has 0 aliphatic rings. The van der Waals surface area contributed by atoms with Gasteiger partial charge in [-0.05, 0) is 22.9 Å². The number of hydrogen-bond donors (Lipinski definition) is 2. The van der Waals surface area contributed by atoms with E-state index in [1.54, 1.807) is 18.2 Å². The van der Waals surface area contributed by atoms with Crippen LogP contribution >= 0.6 is 0 Å². The number of esters is 2. The van der Waals surface area contributed by atoms with Crippen LogP contribution in [0.4, 0.5) is 0 Å². The Morgan fingerprint density at radius 2 is 1.50 bits per heavy atom. The van der Waals surface area contributed by atoms with Crippen molar-refractivity contribution in [2.24, 2.45) is 11.8 Å². The van der Waals surface area contributed by atoms with Gasteiger partial charge in [-0.2, -0.15) is 0 Å². The molecule has 2 N–H and O–H groups in total. The maximum absolute atomic E-state index is 12.6. The van der Waals surface area contributed by atoms with Gasteiger partial charge >= 0.3 is 17.9 Å². The van der Waals surface area contributed by atoms with E-state index < -0.39 is 41.7 Å². The first-order valence-corrected chi connectivity index (χ1v) is 8.48. The van der Waals surface area contributed by atoms with Gasteiger partial charge in [0.2, 0.25) is 0 Å². The van der Waals surface area contributed by atoms with Crippen molar-refractivity contribution in [3.63, 3.8) is 0 Å². The van der Waals surface area contributed by atoms with Crippen LogP contribution in [-0.4, -0.2) is 49.2 Å². The zero-order valence-corrected chi connectivity index (χ0v) is 15.7. The number of aliphatic carboxylic acids is 1. The molecule has 0 saturated heterocycles. The molecule has 0 unspecified atom stereocenters. The Morgan fingerprint density at radius 3 is 2.04 bits per heavy atom. The summed E-state index contributed by atoms with van der Waals surface area (Å²) < 4.78 is 9.16. The number of carbonyl (C=O) groups is 4. The van der Waals surface area contributed by atoms with E-state index in [1.807, 2.05) is 24.3 Å². The Morgan fingerprint density at radius 1 is 0.929 bits per heavy atom. The van der Waals surface area contributed by atoms with Crippen LogP contribution in [0.3, 0.4) is 0 Å². The van der Waals surface area contributed by atoms with E-state index in [1.165, 1.54) is 6.92 Å². The number of ether oxygens (including phenoxy) is 2. The van der Waals surface area contributed by atoms with Crippen molar-refractivity contribution in [1.29, 1.82) is 0 Å². The van der Waals surface area contributed by atoms with Crippen LogP contribution in [0.2, 0.25) is 0 Å². The van der Waals surface area contributed by atoms with Crippen molar-refractivity contribution >= 4 is 34.6 Å². The lowest BCUT2D eigenvalue weighted by atomic mass is 9.87. The summed E-state index contributed by atoms with van der Waals surface area (Å²) in [5.41, 5.74) is 0.254. The van der Waals surface area contributed by atoms with E-state index in [0.717, 1.165) is 25.0 Å². The molecule has 0 aliphatic heterocycles. The first-order valence-electron chi connectivity index (χ1n) is 8.48. The Labute approximate surface area is 161 Å². The average Bonchev–Trinajstić information content (AvgIpc) is 2.70. The summed E-state index contributed by atoms with van der Waals surface area (Å²) in [4.78, 5) is 48.2. The molecule has 0 heterocycles. The predicted molar refractivity (Wildman–Crippen MR) is 99.5 cm³/mol. The highest BCUT2D eigenvalue weighted by Crippen LogP contribution is 2.21. The molecule has 8 heteroatoms. The van der Waals surface area contributed by atoms with Gasteiger partial charge in [-0.25, -0.2) is 4.79 Å². The van der Waals surface area contributed by atoms with E-state index in [4.69, 9.17) is 0 Å². The Bertz CT molecular complexity index is 892. The SMILES string of the molecule is COC(=O)C(C(=O)OC)[C@H](C)[C@H](NC(=O)c1ccc2ccccc2c1)C(=O)O. The van der Waals surface area contributed by atoms with Crippen LogP contribution < -0.4 is 5.32 Å². The third kappa shape index (κ3) is 4.46. The summed E-state index contributed by atoms with van der Waals surface area (Å²) >= 11 is 0. The molecule has 0 aromatic heterocycles. The maximum atomic E-state index is 12.6. The van der Waals surface area contributed by atoms with Crippen LogP contribution in [0.5, 0.6) is 0 Å². The van der Waals surface area contributed by atoms with Gasteiger partial charge < -0.3 is 19.9 Å². The number of amides is 1. The minimum atomic E-state index is -1.51. The fourth-order valence-corrected chi connectivity index (χ4v) is 2.95. The minimum Gasteiger partial charge on any atom is -0.480 e. The molecule has 28 heavy (non-hydrogen) atoms. The molecule has 148 valence electrons. The Balaban J connectivity index is 2.29. The normalized spacial score (nSPS) is 12.9. The molecule has 0 aliphatic carbocycles. The van der Waals surface area contributed by atoms with Gasteiger partial charge in [0.15, 0.2) is 5.92 Å². The highest BCUT2D eigenvalue weighted by atomic mass is 16.5. The summed E-state index contributed by atoms with van der Waals surface area (Å²) in [5.74, 6) is -6.51. The topological polar surface area (TPSA) is 119 Å². The summed E-state index contributed by atoms with van der Waals surface area (Å²) in [6.07, 6.45) is 0. The number of carbonyl (C=O) groups excluding carboxylic acids is 3. The van der Waals surface area contributed by atoms with E-state index in [-0.39, 0.29) is 5.56 Å². The van der Waals surface area contributed by atoms with Gasteiger partial charge in [0.05, 0.1) is 14.2 Å². The third-order valence-corrected chi connectivity index (χ3v) is 4.53. The van der Waals surface area contributed by atoms with E-state index in [0.29, 0.717) is 0 Å². The molecule has 0 fully saturated rings. The first kappa shape index (κ1) is 20.9. The van der Waals surface area contributed by atoms with Crippen molar-refractivity contribution < 1.29 is 33.8 Å². The molecule has 2 aromatic carbocycles. The summed E-state index contributed by atoms with van der Waals surface area (Å²) in [6.45, 7) is 1.36. The van der Waals surface area contributed by atoms with Crippen molar-refractivity contribution in [3.05, 3.63) is 48.0 Å². The van der Waals surface area contributed by atoms with E-state index >= 15 is 0 Å². The number of carboxylic acid groups (broad SMARTS) is 1. The van der Waals surface area contributed by atoms with Gasteiger partial charge in [0.1, 0.15) is 6.04 Å². The second-order valence-electron chi connectivity index (χ2n) is 6.23. The molecule has 2 aromatic rings. The number of hydrogen-bond acceptors (Lipinski definition) is 6. The molecule has 0 spiro atoms. The zero-order chi connectivity index (χ0) is 20.8. The Kier molecular flexibility index (Phi) is 6.70. The van der Waals surface area contributed by atoms with Crippen LogP contribution in [0.15, 0.2) is 42.5 Å². The standard InChI is InChI=1S/C20H21NO7/c1-11(15(19(25)27-2)20(26)28-3)16(18(23)24)21-17(22)14-9-8-12-6-4-5-7-13(12)10-14/h4-11,15-16H,1-3H3,(H,21,22)(H,23,24)/t11-,16-/m0/s1. The lowest BCUT2D eigenvalue weighted by Crippen LogP contribution is -2.50. The van der Waals surface area contributed by atoms with Crippen molar-refractivity contribution in [2.75, 3.05) is 14.2 Å². The average molecular weight is 387 g/mol. The van der Waals surface area contributed by atoms with Gasteiger partial charge in [0.25, 0.3) is 5.91 Å². The van der Waals surface area contributed by atoms with Crippen LogP contribution in [-0.2, 0) is 23.9 Å². The molecule has 0 radical (unpaired) electrons. The maximum Gasteiger partial charge on any atom is 0.326 e. The van der Waals surface area contributed by atoms with Crippen LogP contribution in [0.25, 0.3) is 10.8 Å². The van der Waals surface area contributed by atoms with Gasteiger partial charge in [0, 0.05) is 11.5 Å². The Hall–Kier alpha value is -3.42. The zero-order valence-electron chi connectivity index (χ0n) is 15.7. The number of methoxy groups -OCH3 is 2. The van der Waals surface area contributed by atoms with Gasteiger partial charge in [-0.1, -0.05) is 37.3 Å². The fourth-order valence-electron chi connectivity index (χ4n) is 2.95. The summed E-state index contributed by atoms with van der Waals surface area (Å²) in [7, 11) is 2.16. The molecule has 8 nitrogen and oxygen atoms in total.